The zero-order chi connectivity index (χ0) is 14.9. The number of halogens is 4. The second-order valence-electron chi connectivity index (χ2n) is 4.60. The molecule has 1 nitrogen and oxygen atoms in total. The predicted octanol–water partition coefficient (Wildman–Crippen LogP) is 5.05. The second-order valence-corrected chi connectivity index (χ2v) is 5.01. The van der Waals surface area contributed by atoms with E-state index in [0.717, 1.165) is 11.6 Å². The summed E-state index contributed by atoms with van der Waals surface area (Å²) in [5.74, 6) is 0. The highest BCUT2D eigenvalue weighted by Crippen LogP contribution is 2.37. The fourth-order valence-electron chi connectivity index (χ4n) is 1.90. The summed E-state index contributed by atoms with van der Waals surface area (Å²) in [5, 5.41) is -0.298. The van der Waals surface area contributed by atoms with Gasteiger partial charge in [-0.3, -0.25) is 0 Å². The van der Waals surface area contributed by atoms with E-state index in [1.54, 1.807) is 18.2 Å². The van der Waals surface area contributed by atoms with Crippen molar-refractivity contribution in [3.63, 3.8) is 0 Å². The molecule has 0 aliphatic heterocycles. The molecule has 0 saturated carbocycles. The Balaban J connectivity index is 2.43. The average molecular weight is 300 g/mol. The molecule has 0 aliphatic rings. The average Bonchev–Trinajstić information content (AvgIpc) is 2.38. The van der Waals surface area contributed by atoms with Gasteiger partial charge in [0.25, 0.3) is 0 Å². The summed E-state index contributed by atoms with van der Waals surface area (Å²) >= 11 is 5.60. The number of benzene rings is 2. The Morgan fingerprint density at radius 1 is 1.00 bits per heavy atom. The largest absolute Gasteiger partial charge is 0.417 e. The van der Waals surface area contributed by atoms with Crippen LogP contribution in [0.3, 0.4) is 0 Å². The minimum atomic E-state index is -4.46. The summed E-state index contributed by atoms with van der Waals surface area (Å²) in [5.41, 5.74) is 7.00. The van der Waals surface area contributed by atoms with E-state index >= 15 is 0 Å². The summed E-state index contributed by atoms with van der Waals surface area (Å²) < 4.78 is 38.4. The van der Waals surface area contributed by atoms with E-state index in [-0.39, 0.29) is 11.1 Å². The number of rotatable bonds is 2. The molecule has 0 amide bonds. The van der Waals surface area contributed by atoms with Crippen LogP contribution < -0.4 is 5.73 Å². The molecule has 2 N–H and O–H groups in total. The van der Waals surface area contributed by atoms with Crippen LogP contribution in [0, 0.1) is 0 Å². The molecular weight excluding hydrogens is 287 g/mol. The number of hydrogen-bond donors (Lipinski definition) is 1. The highest BCUT2D eigenvalue weighted by Gasteiger charge is 2.33. The quantitative estimate of drug-likeness (QED) is 0.825. The Morgan fingerprint density at radius 2 is 1.55 bits per heavy atom. The molecular formula is C15H13ClF3N. The molecule has 2 rings (SSSR count). The lowest BCUT2D eigenvalue weighted by Gasteiger charge is -2.12. The minimum Gasteiger partial charge on any atom is -0.324 e. The van der Waals surface area contributed by atoms with Gasteiger partial charge in [0.1, 0.15) is 0 Å². The first-order chi connectivity index (χ1) is 9.29. The molecule has 0 fully saturated rings. The van der Waals surface area contributed by atoms with Gasteiger partial charge in [0.2, 0.25) is 0 Å². The van der Waals surface area contributed by atoms with Crippen LogP contribution in [0.5, 0.6) is 0 Å². The normalized spacial score (nSPS) is 13.3. The Hall–Kier alpha value is -1.52. The van der Waals surface area contributed by atoms with E-state index in [0.29, 0.717) is 11.1 Å². The van der Waals surface area contributed by atoms with Gasteiger partial charge < -0.3 is 5.73 Å². The second kappa shape index (κ2) is 5.46. The van der Waals surface area contributed by atoms with Crippen molar-refractivity contribution in [3.05, 3.63) is 58.6 Å². The lowest BCUT2D eigenvalue weighted by molar-refractivity contribution is -0.137. The molecule has 0 aromatic heterocycles. The Labute approximate surface area is 120 Å². The van der Waals surface area contributed by atoms with E-state index in [4.69, 9.17) is 17.3 Å². The number of nitrogens with two attached hydrogens (primary N) is 1. The van der Waals surface area contributed by atoms with Gasteiger partial charge >= 0.3 is 6.18 Å². The number of hydrogen-bond acceptors (Lipinski definition) is 1. The number of alkyl halides is 3. The van der Waals surface area contributed by atoms with Crippen molar-refractivity contribution in [1.82, 2.24) is 0 Å². The predicted molar refractivity (Wildman–Crippen MR) is 74.5 cm³/mol. The summed E-state index contributed by atoms with van der Waals surface area (Å²) in [6.07, 6.45) is -4.46. The van der Waals surface area contributed by atoms with Crippen molar-refractivity contribution >= 4 is 11.6 Å². The zero-order valence-electron chi connectivity index (χ0n) is 10.7. The monoisotopic (exact) mass is 299 g/mol. The molecule has 1 atom stereocenters. The third-order valence-corrected chi connectivity index (χ3v) is 3.37. The van der Waals surface area contributed by atoms with Crippen LogP contribution in [-0.2, 0) is 6.18 Å². The topological polar surface area (TPSA) is 26.0 Å². The van der Waals surface area contributed by atoms with Crippen LogP contribution in [0.25, 0.3) is 11.1 Å². The van der Waals surface area contributed by atoms with Gasteiger partial charge in [-0.2, -0.15) is 13.2 Å². The molecule has 5 heteroatoms. The van der Waals surface area contributed by atoms with E-state index < -0.39 is 11.7 Å². The van der Waals surface area contributed by atoms with E-state index in [2.05, 4.69) is 0 Å². The fourth-order valence-corrected chi connectivity index (χ4v) is 2.13. The maximum absolute atomic E-state index is 12.8. The Kier molecular flexibility index (Phi) is 4.06. The van der Waals surface area contributed by atoms with Gasteiger partial charge in [-0.25, -0.2) is 0 Å². The van der Waals surface area contributed by atoms with Crippen LogP contribution in [0.1, 0.15) is 24.1 Å². The summed E-state index contributed by atoms with van der Waals surface area (Å²) in [7, 11) is 0. The first-order valence-corrected chi connectivity index (χ1v) is 6.39. The maximum atomic E-state index is 12.8. The van der Waals surface area contributed by atoms with Crippen LogP contribution in [0.4, 0.5) is 13.2 Å². The van der Waals surface area contributed by atoms with Crippen LogP contribution in [-0.4, -0.2) is 0 Å². The van der Waals surface area contributed by atoms with Crippen molar-refractivity contribution in [3.8, 4) is 11.1 Å². The summed E-state index contributed by atoms with van der Waals surface area (Å²) in [4.78, 5) is 0. The third kappa shape index (κ3) is 3.14. The smallest absolute Gasteiger partial charge is 0.324 e. The van der Waals surface area contributed by atoms with Gasteiger partial charge in [0.05, 0.1) is 10.6 Å². The molecule has 0 bridgehead atoms. The SMILES string of the molecule is CC(N)c1ccc(-c2ccc(Cl)c(C(F)(F)F)c2)cc1. The Morgan fingerprint density at radius 3 is 2.05 bits per heavy atom. The molecule has 0 saturated heterocycles. The molecule has 0 spiro atoms. The van der Waals surface area contributed by atoms with E-state index in [1.165, 1.54) is 6.07 Å². The van der Waals surface area contributed by atoms with Crippen molar-refractivity contribution < 1.29 is 13.2 Å². The van der Waals surface area contributed by atoms with Gasteiger partial charge in [0.15, 0.2) is 0 Å². The van der Waals surface area contributed by atoms with Gasteiger partial charge in [-0.05, 0) is 35.7 Å². The van der Waals surface area contributed by atoms with E-state index in [1.807, 2.05) is 19.1 Å². The molecule has 0 heterocycles. The first kappa shape index (κ1) is 14.9. The fraction of sp³-hybridized carbons (Fsp3) is 0.200. The lowest BCUT2D eigenvalue weighted by Crippen LogP contribution is -2.06. The van der Waals surface area contributed by atoms with Gasteiger partial charge in [-0.1, -0.05) is 41.9 Å². The van der Waals surface area contributed by atoms with Crippen molar-refractivity contribution in [2.45, 2.75) is 19.1 Å². The van der Waals surface area contributed by atoms with Crippen molar-refractivity contribution in [2.75, 3.05) is 0 Å². The van der Waals surface area contributed by atoms with Crippen molar-refractivity contribution in [1.29, 1.82) is 0 Å². The van der Waals surface area contributed by atoms with Crippen LogP contribution in [0.15, 0.2) is 42.5 Å². The molecule has 2 aromatic carbocycles. The maximum Gasteiger partial charge on any atom is 0.417 e. The molecule has 0 aliphatic carbocycles. The molecule has 1 unspecified atom stereocenters. The molecule has 2 aromatic rings. The zero-order valence-corrected chi connectivity index (χ0v) is 11.5. The van der Waals surface area contributed by atoms with E-state index in [9.17, 15) is 13.2 Å². The summed E-state index contributed by atoms with van der Waals surface area (Å²) in [6.45, 7) is 1.85. The third-order valence-electron chi connectivity index (χ3n) is 3.04. The van der Waals surface area contributed by atoms with Crippen molar-refractivity contribution in [2.24, 2.45) is 5.73 Å². The lowest BCUT2D eigenvalue weighted by atomic mass is 10.00. The van der Waals surface area contributed by atoms with Gasteiger partial charge in [0, 0.05) is 6.04 Å². The van der Waals surface area contributed by atoms with Crippen LogP contribution >= 0.6 is 11.6 Å². The Bertz CT molecular complexity index is 604. The minimum absolute atomic E-state index is 0.111. The standard InChI is InChI=1S/C15H13ClF3N/c1-9(20)10-2-4-11(5-3-10)12-6-7-14(16)13(8-12)15(17,18)19/h2-9H,20H2,1H3. The first-order valence-electron chi connectivity index (χ1n) is 6.01. The van der Waals surface area contributed by atoms with Gasteiger partial charge in [-0.15, -0.1) is 0 Å². The highest BCUT2D eigenvalue weighted by atomic mass is 35.5. The molecule has 20 heavy (non-hydrogen) atoms. The molecule has 0 radical (unpaired) electrons. The summed E-state index contributed by atoms with van der Waals surface area (Å²) in [6, 6.07) is 10.9. The highest BCUT2D eigenvalue weighted by molar-refractivity contribution is 6.31. The molecule has 106 valence electrons. The van der Waals surface area contributed by atoms with Crippen LogP contribution in [0.2, 0.25) is 5.02 Å².